The van der Waals surface area contributed by atoms with Gasteiger partial charge in [-0.1, -0.05) is 23.8 Å². The lowest BCUT2D eigenvalue weighted by atomic mass is 10.1. The smallest absolute Gasteiger partial charge is 0.279 e. The first-order chi connectivity index (χ1) is 11.3. The summed E-state index contributed by atoms with van der Waals surface area (Å²) >= 11 is 0. The van der Waals surface area contributed by atoms with E-state index < -0.39 is 23.4 Å². The number of aryl methyl sites for hydroxylation is 2. The molecular weight excluding hydrogens is 317 g/mol. The van der Waals surface area contributed by atoms with Gasteiger partial charge in [0, 0.05) is 5.56 Å². The van der Waals surface area contributed by atoms with Crippen molar-refractivity contribution in [2.45, 2.75) is 20.4 Å². The average molecular weight is 337 g/mol. The molecule has 6 heteroatoms. The van der Waals surface area contributed by atoms with Crippen molar-refractivity contribution >= 4 is 11.6 Å². The molecule has 1 amide bonds. The average Bonchev–Trinajstić information content (AvgIpc) is 2.51. The quantitative estimate of drug-likeness (QED) is 0.807. The second kappa shape index (κ2) is 7.49. The van der Waals surface area contributed by atoms with Crippen molar-refractivity contribution in [3.63, 3.8) is 0 Å². The number of rotatable bonds is 5. The van der Waals surface area contributed by atoms with Crippen molar-refractivity contribution in [3.8, 4) is 0 Å². The summed E-state index contributed by atoms with van der Waals surface area (Å²) in [6.07, 6.45) is 0. The third-order valence-corrected chi connectivity index (χ3v) is 3.77. The number of hydrogen-bond donors (Lipinski definition) is 2. The Balaban J connectivity index is 1.99. The Morgan fingerprint density at radius 2 is 1.79 bits per heavy atom. The second-order valence-corrected chi connectivity index (χ2v) is 6.01. The normalized spacial score (nSPS) is 12.1. The van der Waals surface area contributed by atoms with Gasteiger partial charge in [-0.2, -0.15) is 0 Å². The zero-order chi connectivity index (χ0) is 17.9. The molecule has 0 heterocycles. The van der Waals surface area contributed by atoms with E-state index >= 15 is 0 Å². The highest BCUT2D eigenvalue weighted by Crippen LogP contribution is 2.19. The zero-order valence-corrected chi connectivity index (χ0v) is 13.8. The van der Waals surface area contributed by atoms with Gasteiger partial charge in [-0.15, -0.1) is 0 Å². The van der Waals surface area contributed by atoms with E-state index in [2.05, 4.69) is 11.4 Å². The van der Waals surface area contributed by atoms with Gasteiger partial charge in [0.2, 0.25) is 0 Å². The molecule has 0 aliphatic carbocycles. The van der Waals surface area contributed by atoms with Crippen LogP contribution in [-0.4, -0.2) is 19.5 Å². The lowest BCUT2D eigenvalue weighted by Gasteiger charge is -2.16. The number of quaternary nitrogens is 1. The number of amides is 1. The summed E-state index contributed by atoms with van der Waals surface area (Å²) in [6.45, 7) is 4.70. The van der Waals surface area contributed by atoms with E-state index in [0.717, 1.165) is 33.7 Å². The lowest BCUT2D eigenvalue weighted by molar-refractivity contribution is -0.885. The first kappa shape index (κ1) is 18.0. The minimum atomic E-state index is -1.59. The molecule has 0 aromatic heterocycles. The monoisotopic (exact) mass is 337 g/mol. The summed E-state index contributed by atoms with van der Waals surface area (Å²) in [5.41, 5.74) is 3.03. The molecule has 128 valence electrons. The van der Waals surface area contributed by atoms with Gasteiger partial charge >= 0.3 is 0 Å². The Morgan fingerprint density at radius 1 is 1.08 bits per heavy atom. The van der Waals surface area contributed by atoms with Gasteiger partial charge in [-0.25, -0.2) is 13.2 Å². The van der Waals surface area contributed by atoms with Crippen LogP contribution in [0.5, 0.6) is 0 Å². The molecule has 0 fully saturated rings. The number of nitrogens with one attached hydrogen (secondary N) is 2. The lowest BCUT2D eigenvalue weighted by Crippen LogP contribution is -3.08. The first-order valence-electron chi connectivity index (χ1n) is 7.58. The number of anilines is 1. The van der Waals surface area contributed by atoms with Gasteiger partial charge in [-0.05, 0) is 31.5 Å². The van der Waals surface area contributed by atoms with E-state index in [1.165, 1.54) is 0 Å². The van der Waals surface area contributed by atoms with E-state index in [1.54, 1.807) is 0 Å². The highest BCUT2D eigenvalue weighted by molar-refractivity contribution is 5.91. The predicted molar refractivity (Wildman–Crippen MR) is 86.3 cm³/mol. The third-order valence-electron chi connectivity index (χ3n) is 3.77. The van der Waals surface area contributed by atoms with Crippen LogP contribution in [0.1, 0.15) is 16.7 Å². The van der Waals surface area contributed by atoms with Gasteiger partial charge in [0.25, 0.3) is 5.91 Å². The Hall–Kier alpha value is -2.34. The summed E-state index contributed by atoms with van der Waals surface area (Å²) in [7, 11) is 1.84. The van der Waals surface area contributed by atoms with Crippen molar-refractivity contribution in [1.29, 1.82) is 0 Å². The van der Waals surface area contributed by atoms with E-state index in [9.17, 15) is 18.0 Å². The van der Waals surface area contributed by atoms with Crippen LogP contribution < -0.4 is 10.2 Å². The van der Waals surface area contributed by atoms with Crippen molar-refractivity contribution in [2.75, 3.05) is 18.9 Å². The molecule has 1 unspecified atom stereocenters. The molecule has 2 N–H and O–H groups in total. The molecule has 0 saturated carbocycles. The van der Waals surface area contributed by atoms with Crippen LogP contribution in [0, 0.1) is 31.3 Å². The van der Waals surface area contributed by atoms with Gasteiger partial charge in [0.1, 0.15) is 6.54 Å². The van der Waals surface area contributed by atoms with Crippen LogP contribution in [0.3, 0.4) is 0 Å². The van der Waals surface area contributed by atoms with E-state index in [-0.39, 0.29) is 12.2 Å². The molecule has 2 aromatic carbocycles. The predicted octanol–water partition coefficient (Wildman–Crippen LogP) is 2.37. The number of carbonyl (C=O) groups is 1. The Morgan fingerprint density at radius 3 is 2.50 bits per heavy atom. The Kier molecular flexibility index (Phi) is 5.62. The van der Waals surface area contributed by atoms with Crippen molar-refractivity contribution < 1.29 is 22.9 Å². The van der Waals surface area contributed by atoms with Crippen LogP contribution in [0.4, 0.5) is 18.9 Å². The van der Waals surface area contributed by atoms with E-state index in [1.807, 2.05) is 33.0 Å². The van der Waals surface area contributed by atoms with Crippen LogP contribution in [0.2, 0.25) is 0 Å². The molecule has 0 aliphatic heterocycles. The van der Waals surface area contributed by atoms with Gasteiger partial charge in [-0.3, -0.25) is 4.79 Å². The molecule has 0 saturated heterocycles. The van der Waals surface area contributed by atoms with Crippen LogP contribution >= 0.6 is 0 Å². The van der Waals surface area contributed by atoms with Crippen LogP contribution in [0.15, 0.2) is 30.3 Å². The number of halogens is 3. The molecule has 0 aliphatic rings. The van der Waals surface area contributed by atoms with Crippen molar-refractivity contribution in [3.05, 3.63) is 64.5 Å². The molecule has 0 bridgehead atoms. The van der Waals surface area contributed by atoms with Gasteiger partial charge in [0.15, 0.2) is 24.0 Å². The Bertz CT molecular complexity index is 762. The number of hydrogen-bond acceptors (Lipinski definition) is 1. The van der Waals surface area contributed by atoms with Gasteiger partial charge in [0.05, 0.1) is 12.7 Å². The second-order valence-electron chi connectivity index (χ2n) is 6.01. The van der Waals surface area contributed by atoms with Crippen LogP contribution in [0.25, 0.3) is 0 Å². The van der Waals surface area contributed by atoms with Crippen molar-refractivity contribution in [1.82, 2.24) is 0 Å². The van der Waals surface area contributed by atoms with Crippen molar-refractivity contribution in [2.24, 2.45) is 0 Å². The number of benzene rings is 2. The molecule has 0 radical (unpaired) electrons. The molecule has 3 nitrogen and oxygen atoms in total. The third kappa shape index (κ3) is 4.35. The highest BCUT2D eigenvalue weighted by Gasteiger charge is 2.17. The maximum absolute atomic E-state index is 13.6. The zero-order valence-electron chi connectivity index (χ0n) is 13.8. The fraction of sp³-hybridized carbons (Fsp3) is 0.278. The SMILES string of the molecule is Cc1ccc(C)c(C[NH+](C)CC(=O)Nc2ccc(F)c(F)c2F)c1. The summed E-state index contributed by atoms with van der Waals surface area (Å²) < 4.78 is 39.6. The standard InChI is InChI=1S/C18H19F3N2O/c1-11-4-5-12(2)13(8-11)9-23(3)10-16(24)22-15-7-6-14(19)17(20)18(15)21/h4-8H,9-10H2,1-3H3,(H,22,24)/p+1. The van der Waals surface area contributed by atoms with Crippen LogP contribution in [-0.2, 0) is 11.3 Å². The molecule has 1 atom stereocenters. The minimum Gasteiger partial charge on any atom is -0.326 e. The maximum atomic E-state index is 13.6. The fourth-order valence-electron chi connectivity index (χ4n) is 2.47. The van der Waals surface area contributed by atoms with E-state index in [0.29, 0.717) is 6.54 Å². The minimum absolute atomic E-state index is 0.0752. The van der Waals surface area contributed by atoms with E-state index in [4.69, 9.17) is 0 Å². The molecule has 0 spiro atoms. The number of carbonyl (C=O) groups excluding carboxylic acids is 1. The molecular formula is C18H20F3N2O+. The summed E-state index contributed by atoms with van der Waals surface area (Å²) in [6, 6.07) is 7.89. The van der Waals surface area contributed by atoms with Gasteiger partial charge < -0.3 is 10.2 Å². The number of likely N-dealkylation sites (N-methyl/N-ethyl adjacent to an activating group) is 1. The highest BCUT2D eigenvalue weighted by atomic mass is 19.2. The molecule has 2 aromatic rings. The summed E-state index contributed by atoms with van der Waals surface area (Å²) in [5.74, 6) is -4.75. The maximum Gasteiger partial charge on any atom is 0.279 e. The molecule has 2 rings (SSSR count). The topological polar surface area (TPSA) is 33.5 Å². The summed E-state index contributed by atoms with van der Waals surface area (Å²) in [4.78, 5) is 12.9. The molecule has 24 heavy (non-hydrogen) atoms. The summed E-state index contributed by atoms with van der Waals surface area (Å²) in [5, 5.41) is 2.28. The fourth-order valence-corrected chi connectivity index (χ4v) is 2.47. The Labute approximate surface area is 139 Å². The largest absolute Gasteiger partial charge is 0.326 e. The first-order valence-corrected chi connectivity index (χ1v) is 7.58.